The van der Waals surface area contributed by atoms with Gasteiger partial charge >= 0.3 is 0 Å². The molecule has 4 rings (SSSR count). The highest BCUT2D eigenvalue weighted by Crippen LogP contribution is 2.32. The Hall–Kier alpha value is -3.57. The van der Waals surface area contributed by atoms with E-state index in [2.05, 4.69) is 10.3 Å². The van der Waals surface area contributed by atoms with Crippen LogP contribution in [0, 0.1) is 0 Å². The molecule has 5 nitrogen and oxygen atoms in total. The largest absolute Gasteiger partial charge is 0.458 e. The average Bonchev–Trinajstić information content (AvgIpc) is 3.16. The molecular formula is C23H18ClN3O2. The topological polar surface area (TPSA) is 81.2 Å². The summed E-state index contributed by atoms with van der Waals surface area (Å²) in [6.07, 6.45) is 4.71. The van der Waals surface area contributed by atoms with E-state index in [1.54, 1.807) is 24.4 Å². The zero-order valence-electron chi connectivity index (χ0n) is 15.4. The quantitative estimate of drug-likeness (QED) is 0.456. The number of furan rings is 1. The first kappa shape index (κ1) is 18.8. The van der Waals surface area contributed by atoms with Gasteiger partial charge in [-0.2, -0.15) is 0 Å². The molecule has 0 aliphatic heterocycles. The second-order valence-electron chi connectivity index (χ2n) is 6.52. The number of anilines is 1. The maximum absolute atomic E-state index is 12.1. The molecule has 29 heavy (non-hydrogen) atoms. The minimum absolute atomic E-state index is 0.238. The summed E-state index contributed by atoms with van der Waals surface area (Å²) in [4.78, 5) is 16.0. The Morgan fingerprint density at radius 3 is 2.69 bits per heavy atom. The normalized spacial score (nSPS) is 11.2. The molecular weight excluding hydrogens is 386 g/mol. The lowest BCUT2D eigenvalue weighted by atomic mass is 10.0. The molecule has 2 aromatic carbocycles. The highest BCUT2D eigenvalue weighted by atomic mass is 35.5. The van der Waals surface area contributed by atoms with Crippen molar-refractivity contribution in [3.05, 3.63) is 89.3 Å². The number of fused-ring (bicyclic) bond motifs is 1. The number of nitrogens with two attached hydrogens (primary N) is 1. The van der Waals surface area contributed by atoms with Crippen LogP contribution in [0.25, 0.3) is 28.2 Å². The fourth-order valence-electron chi connectivity index (χ4n) is 2.97. The van der Waals surface area contributed by atoms with Crippen molar-refractivity contribution in [2.45, 2.75) is 6.54 Å². The lowest BCUT2D eigenvalue weighted by Gasteiger charge is -2.02. The molecule has 2 aromatic heterocycles. The molecule has 0 saturated carbocycles. The van der Waals surface area contributed by atoms with Gasteiger partial charge in [-0.3, -0.25) is 4.79 Å². The van der Waals surface area contributed by atoms with Crippen LogP contribution in [0.2, 0.25) is 5.02 Å². The lowest BCUT2D eigenvalue weighted by molar-refractivity contribution is -0.116. The van der Waals surface area contributed by atoms with Crippen LogP contribution in [0.1, 0.15) is 11.3 Å². The standard InChI is InChI=1S/C23H18ClN3O2/c24-20-12-17(16-4-2-1-3-5-16)10-18-11-19(29-23(18)20)14-27-22(28)9-7-15-6-8-21(25)26-13-15/h1-13H,14H2,(H2,25,26)(H,27,28)/b9-7+. The third-order valence-corrected chi connectivity index (χ3v) is 4.68. The summed E-state index contributed by atoms with van der Waals surface area (Å²) in [7, 11) is 0. The first-order chi connectivity index (χ1) is 14.1. The Bertz CT molecular complexity index is 1180. The van der Waals surface area contributed by atoms with E-state index in [-0.39, 0.29) is 12.5 Å². The van der Waals surface area contributed by atoms with E-state index in [0.29, 0.717) is 22.2 Å². The minimum Gasteiger partial charge on any atom is -0.458 e. The summed E-state index contributed by atoms with van der Waals surface area (Å²) in [5, 5.41) is 4.23. The minimum atomic E-state index is -0.238. The van der Waals surface area contributed by atoms with Crippen molar-refractivity contribution in [1.29, 1.82) is 0 Å². The van der Waals surface area contributed by atoms with Crippen LogP contribution in [0.5, 0.6) is 0 Å². The zero-order chi connectivity index (χ0) is 20.2. The Kier molecular flexibility index (Phi) is 5.31. The van der Waals surface area contributed by atoms with Gasteiger partial charge in [-0.05, 0) is 53.1 Å². The second-order valence-corrected chi connectivity index (χ2v) is 6.93. The van der Waals surface area contributed by atoms with Crippen molar-refractivity contribution in [2.24, 2.45) is 0 Å². The number of carbonyl (C=O) groups is 1. The molecule has 0 saturated heterocycles. The number of rotatable bonds is 5. The Morgan fingerprint density at radius 1 is 1.10 bits per heavy atom. The van der Waals surface area contributed by atoms with Crippen molar-refractivity contribution < 1.29 is 9.21 Å². The van der Waals surface area contributed by atoms with Gasteiger partial charge in [-0.25, -0.2) is 4.98 Å². The Morgan fingerprint density at radius 2 is 1.93 bits per heavy atom. The zero-order valence-corrected chi connectivity index (χ0v) is 16.2. The fraction of sp³-hybridized carbons (Fsp3) is 0.0435. The Balaban J connectivity index is 1.46. The van der Waals surface area contributed by atoms with Gasteiger partial charge in [-0.15, -0.1) is 0 Å². The van der Waals surface area contributed by atoms with Gasteiger partial charge in [0.2, 0.25) is 5.91 Å². The smallest absolute Gasteiger partial charge is 0.244 e. The number of benzene rings is 2. The van der Waals surface area contributed by atoms with Crippen molar-refractivity contribution >= 4 is 40.4 Å². The molecule has 6 heteroatoms. The molecule has 2 heterocycles. The van der Waals surface area contributed by atoms with Gasteiger partial charge in [0.1, 0.15) is 11.6 Å². The summed E-state index contributed by atoms with van der Waals surface area (Å²) < 4.78 is 5.82. The highest BCUT2D eigenvalue weighted by Gasteiger charge is 2.11. The number of hydrogen-bond acceptors (Lipinski definition) is 4. The number of nitrogen functional groups attached to an aromatic ring is 1. The monoisotopic (exact) mass is 403 g/mol. The number of carbonyl (C=O) groups excluding carboxylic acids is 1. The highest BCUT2D eigenvalue weighted by molar-refractivity contribution is 6.35. The van der Waals surface area contributed by atoms with Gasteiger partial charge in [0.25, 0.3) is 0 Å². The molecule has 4 aromatic rings. The maximum Gasteiger partial charge on any atom is 0.244 e. The molecule has 1 amide bonds. The van der Waals surface area contributed by atoms with Crippen molar-refractivity contribution in [2.75, 3.05) is 5.73 Å². The molecule has 144 valence electrons. The summed E-state index contributed by atoms with van der Waals surface area (Å²) in [5.41, 5.74) is 9.04. The third kappa shape index (κ3) is 4.47. The summed E-state index contributed by atoms with van der Waals surface area (Å²) in [6.45, 7) is 0.259. The maximum atomic E-state index is 12.1. The predicted octanol–water partition coefficient (Wildman–Crippen LogP) is 5.06. The molecule has 0 bridgehead atoms. The molecule has 0 radical (unpaired) electrons. The predicted molar refractivity (Wildman–Crippen MR) is 116 cm³/mol. The van der Waals surface area contributed by atoms with Gasteiger partial charge in [0.05, 0.1) is 11.6 Å². The van der Waals surface area contributed by atoms with E-state index in [1.165, 1.54) is 6.08 Å². The number of amides is 1. The first-order valence-electron chi connectivity index (χ1n) is 9.03. The van der Waals surface area contributed by atoms with Crippen LogP contribution >= 0.6 is 11.6 Å². The SMILES string of the molecule is Nc1ccc(/C=C/C(=O)NCc2cc3cc(-c4ccccc4)cc(Cl)c3o2)cn1. The molecule has 0 unspecified atom stereocenters. The van der Waals surface area contributed by atoms with E-state index in [0.717, 1.165) is 22.1 Å². The van der Waals surface area contributed by atoms with Crippen molar-refractivity contribution in [3.63, 3.8) is 0 Å². The molecule has 0 atom stereocenters. The van der Waals surface area contributed by atoms with Crippen molar-refractivity contribution in [1.82, 2.24) is 10.3 Å². The van der Waals surface area contributed by atoms with E-state index >= 15 is 0 Å². The molecule has 0 aliphatic carbocycles. The van der Waals surface area contributed by atoms with Crippen LogP contribution in [0.3, 0.4) is 0 Å². The van der Waals surface area contributed by atoms with E-state index in [1.807, 2.05) is 48.5 Å². The van der Waals surface area contributed by atoms with E-state index < -0.39 is 0 Å². The number of halogens is 1. The number of nitrogens with zero attached hydrogens (tertiary/aromatic N) is 1. The number of hydrogen-bond donors (Lipinski definition) is 2. The summed E-state index contributed by atoms with van der Waals surface area (Å²) >= 11 is 6.41. The molecule has 3 N–H and O–H groups in total. The number of pyridine rings is 1. The second kappa shape index (κ2) is 8.20. The summed E-state index contributed by atoms with van der Waals surface area (Å²) in [5.74, 6) is 0.826. The van der Waals surface area contributed by atoms with E-state index in [4.69, 9.17) is 21.8 Å². The fourth-order valence-corrected chi connectivity index (χ4v) is 3.23. The van der Waals surface area contributed by atoms with Gasteiger partial charge in [0.15, 0.2) is 5.58 Å². The number of aromatic nitrogens is 1. The van der Waals surface area contributed by atoms with Gasteiger partial charge < -0.3 is 15.5 Å². The lowest BCUT2D eigenvalue weighted by Crippen LogP contribution is -2.19. The van der Waals surface area contributed by atoms with Gasteiger partial charge in [-0.1, -0.05) is 41.9 Å². The summed E-state index contributed by atoms with van der Waals surface area (Å²) in [6, 6.07) is 19.3. The van der Waals surface area contributed by atoms with Crippen LogP contribution < -0.4 is 11.1 Å². The molecule has 0 fully saturated rings. The molecule has 0 spiro atoms. The number of nitrogens with one attached hydrogen (secondary N) is 1. The van der Waals surface area contributed by atoms with E-state index in [9.17, 15) is 4.79 Å². The van der Waals surface area contributed by atoms with Crippen LogP contribution in [-0.4, -0.2) is 10.9 Å². The van der Waals surface area contributed by atoms with Gasteiger partial charge in [0, 0.05) is 17.7 Å². The average molecular weight is 404 g/mol. The van der Waals surface area contributed by atoms with Crippen LogP contribution in [0.15, 0.2) is 77.4 Å². The molecule has 0 aliphatic rings. The van der Waals surface area contributed by atoms with Crippen LogP contribution in [0.4, 0.5) is 5.82 Å². The Labute approximate surface area is 172 Å². The third-order valence-electron chi connectivity index (χ3n) is 4.40. The van der Waals surface area contributed by atoms with Crippen LogP contribution in [-0.2, 0) is 11.3 Å². The first-order valence-corrected chi connectivity index (χ1v) is 9.41. The van der Waals surface area contributed by atoms with Crippen molar-refractivity contribution in [3.8, 4) is 11.1 Å².